The minimum atomic E-state index is -1.60. The quantitative estimate of drug-likeness (QED) is 0.297. The highest BCUT2D eigenvalue weighted by Gasteiger charge is 2.52. The zero-order valence-corrected chi connectivity index (χ0v) is 17.5. The SMILES string of the molecule is CO[C@@H]1[C@@H](n2cc(-c3ccc(F)c(F)c3F)nn2)[C@H]2OC(C)(C)OC[C@H]2O[C@@H]1CN=[N+]=[N-]. The molecule has 0 amide bonds. The predicted molar refractivity (Wildman–Crippen MR) is 103 cm³/mol. The van der Waals surface area contributed by atoms with Gasteiger partial charge in [0.05, 0.1) is 25.5 Å². The number of halogens is 3. The maximum Gasteiger partial charge on any atom is 0.195 e. The Morgan fingerprint density at radius 2 is 2.09 bits per heavy atom. The summed E-state index contributed by atoms with van der Waals surface area (Å²) in [5.74, 6) is -5.19. The maximum absolute atomic E-state index is 14.3. The highest BCUT2D eigenvalue weighted by Crippen LogP contribution is 2.39. The molecule has 2 aliphatic rings. The van der Waals surface area contributed by atoms with Gasteiger partial charge in [-0.15, -0.1) is 5.10 Å². The van der Waals surface area contributed by atoms with Gasteiger partial charge < -0.3 is 18.9 Å². The molecule has 0 saturated carbocycles. The lowest BCUT2D eigenvalue weighted by Crippen LogP contribution is -2.63. The average Bonchev–Trinajstić information content (AvgIpc) is 3.24. The van der Waals surface area contributed by atoms with Gasteiger partial charge in [-0.25, -0.2) is 17.9 Å². The van der Waals surface area contributed by atoms with Crippen molar-refractivity contribution < 1.29 is 32.1 Å². The van der Waals surface area contributed by atoms with E-state index >= 15 is 0 Å². The van der Waals surface area contributed by atoms with E-state index in [1.165, 1.54) is 18.0 Å². The van der Waals surface area contributed by atoms with Crippen LogP contribution >= 0.6 is 0 Å². The van der Waals surface area contributed by atoms with Crippen LogP contribution in [0.25, 0.3) is 21.7 Å². The van der Waals surface area contributed by atoms with Crippen LogP contribution < -0.4 is 0 Å². The van der Waals surface area contributed by atoms with Crippen molar-refractivity contribution in [2.24, 2.45) is 5.11 Å². The Morgan fingerprint density at radius 1 is 1.31 bits per heavy atom. The second-order valence-electron chi connectivity index (χ2n) is 7.92. The lowest BCUT2D eigenvalue weighted by molar-refractivity contribution is -0.348. The van der Waals surface area contributed by atoms with Gasteiger partial charge in [0.1, 0.15) is 30.0 Å². The van der Waals surface area contributed by atoms with Gasteiger partial charge in [-0.1, -0.05) is 10.3 Å². The van der Waals surface area contributed by atoms with Gasteiger partial charge >= 0.3 is 0 Å². The van der Waals surface area contributed by atoms with Crippen molar-refractivity contribution in [3.05, 3.63) is 46.2 Å². The monoisotopic (exact) mass is 454 g/mol. The zero-order valence-electron chi connectivity index (χ0n) is 17.5. The van der Waals surface area contributed by atoms with Crippen molar-refractivity contribution >= 4 is 0 Å². The number of hydrogen-bond acceptors (Lipinski definition) is 7. The Balaban J connectivity index is 1.74. The molecule has 0 unspecified atom stereocenters. The maximum atomic E-state index is 14.3. The summed E-state index contributed by atoms with van der Waals surface area (Å²) < 4.78 is 66.2. The third-order valence-corrected chi connectivity index (χ3v) is 5.49. The van der Waals surface area contributed by atoms with Gasteiger partial charge in [0, 0.05) is 17.6 Å². The molecule has 4 rings (SSSR count). The zero-order chi connectivity index (χ0) is 23.0. The topological polar surface area (TPSA) is 116 Å². The normalized spacial score (nSPS) is 29.2. The van der Waals surface area contributed by atoms with Crippen LogP contribution in [0.15, 0.2) is 23.4 Å². The van der Waals surface area contributed by atoms with E-state index in [1.54, 1.807) is 13.8 Å². The van der Waals surface area contributed by atoms with Gasteiger partial charge in [-0.05, 0) is 31.5 Å². The first kappa shape index (κ1) is 22.5. The van der Waals surface area contributed by atoms with Gasteiger partial charge in [-0.3, -0.25) is 0 Å². The molecule has 1 aromatic carbocycles. The van der Waals surface area contributed by atoms with E-state index in [1.807, 2.05) is 0 Å². The second-order valence-corrected chi connectivity index (χ2v) is 7.92. The Hall–Kier alpha value is -2.70. The average molecular weight is 454 g/mol. The number of hydrogen-bond donors (Lipinski definition) is 0. The van der Waals surface area contributed by atoms with E-state index in [-0.39, 0.29) is 24.4 Å². The molecule has 0 aliphatic carbocycles. The minimum absolute atomic E-state index is 0.00258. The molecule has 2 aromatic rings. The van der Waals surface area contributed by atoms with Crippen LogP contribution in [0, 0.1) is 17.5 Å². The highest BCUT2D eigenvalue weighted by atomic mass is 19.2. The van der Waals surface area contributed by atoms with E-state index in [4.69, 9.17) is 24.5 Å². The fourth-order valence-electron chi connectivity index (χ4n) is 4.06. The Labute approximate surface area is 180 Å². The molecule has 1 aromatic heterocycles. The number of ether oxygens (including phenoxy) is 4. The van der Waals surface area contributed by atoms with Crippen LogP contribution in [-0.4, -0.2) is 65.5 Å². The lowest BCUT2D eigenvalue weighted by Gasteiger charge is -2.50. The molecule has 32 heavy (non-hydrogen) atoms. The number of aromatic nitrogens is 3. The van der Waals surface area contributed by atoms with Crippen LogP contribution in [-0.2, 0) is 18.9 Å². The minimum Gasteiger partial charge on any atom is -0.376 e. The number of rotatable bonds is 5. The van der Waals surface area contributed by atoms with E-state index in [9.17, 15) is 13.2 Å². The molecule has 0 spiro atoms. The molecule has 5 atom stereocenters. The second kappa shape index (κ2) is 8.68. The van der Waals surface area contributed by atoms with Gasteiger partial charge in [0.25, 0.3) is 0 Å². The third-order valence-electron chi connectivity index (χ3n) is 5.49. The van der Waals surface area contributed by atoms with Crippen LogP contribution in [0.2, 0.25) is 0 Å². The van der Waals surface area contributed by atoms with E-state index < -0.39 is 53.7 Å². The van der Waals surface area contributed by atoms with E-state index in [0.29, 0.717) is 0 Å². The molecule has 172 valence electrons. The highest BCUT2D eigenvalue weighted by molar-refractivity contribution is 5.58. The van der Waals surface area contributed by atoms with Crippen molar-refractivity contribution in [2.45, 2.75) is 50.1 Å². The van der Waals surface area contributed by atoms with Crippen LogP contribution in [0.3, 0.4) is 0 Å². The molecule has 0 radical (unpaired) electrons. The molecule has 0 bridgehead atoms. The predicted octanol–water partition coefficient (Wildman–Crippen LogP) is 3.15. The van der Waals surface area contributed by atoms with Crippen molar-refractivity contribution in [1.29, 1.82) is 0 Å². The summed E-state index contributed by atoms with van der Waals surface area (Å²) in [4.78, 5) is 2.78. The first-order valence-electron chi connectivity index (χ1n) is 9.82. The van der Waals surface area contributed by atoms with E-state index in [0.717, 1.165) is 12.1 Å². The number of azide groups is 1. The number of fused-ring (bicyclic) bond motifs is 1. The molecule has 2 aliphatic heterocycles. The molecule has 2 fully saturated rings. The Morgan fingerprint density at radius 3 is 2.81 bits per heavy atom. The molecular weight excluding hydrogens is 433 g/mol. The molecule has 0 N–H and O–H groups in total. The number of nitrogens with zero attached hydrogens (tertiary/aromatic N) is 6. The Bertz CT molecular complexity index is 1040. The third kappa shape index (κ3) is 4.05. The smallest absolute Gasteiger partial charge is 0.195 e. The first-order valence-corrected chi connectivity index (χ1v) is 9.82. The van der Waals surface area contributed by atoms with Crippen molar-refractivity contribution in [3.63, 3.8) is 0 Å². The van der Waals surface area contributed by atoms with Crippen LogP contribution in [0.1, 0.15) is 19.9 Å². The van der Waals surface area contributed by atoms with Crippen molar-refractivity contribution in [2.75, 3.05) is 20.3 Å². The summed E-state index contributed by atoms with van der Waals surface area (Å²) in [6.45, 7) is 3.68. The van der Waals surface area contributed by atoms with Gasteiger partial charge in [-0.2, -0.15) is 0 Å². The number of methoxy groups -OCH3 is 1. The summed E-state index contributed by atoms with van der Waals surface area (Å²) in [6, 6.07) is 1.27. The Kier molecular flexibility index (Phi) is 6.10. The fraction of sp³-hybridized carbons (Fsp3) is 0.579. The largest absolute Gasteiger partial charge is 0.376 e. The first-order chi connectivity index (χ1) is 15.3. The van der Waals surface area contributed by atoms with Crippen LogP contribution in [0.4, 0.5) is 13.2 Å². The standard InChI is InChI=1S/C19H21F3N6O4/c1-19(2)30-8-13-18(32-19)16(17(29-3)12(31-13)6-24-26-23)28-7-11(25-27-28)9-4-5-10(20)15(22)14(9)21/h4-5,7,12-13,16-18H,6,8H2,1-3H3/t12-,13-,16-,17+,18+/m1/s1. The lowest BCUT2D eigenvalue weighted by atomic mass is 9.91. The van der Waals surface area contributed by atoms with E-state index in [2.05, 4.69) is 20.3 Å². The van der Waals surface area contributed by atoms with Crippen molar-refractivity contribution in [1.82, 2.24) is 15.0 Å². The molecular formula is C19H21F3N6O4. The van der Waals surface area contributed by atoms with Crippen LogP contribution in [0.5, 0.6) is 0 Å². The molecule has 13 heteroatoms. The molecule has 10 nitrogen and oxygen atoms in total. The summed E-state index contributed by atoms with van der Waals surface area (Å²) in [6.07, 6.45) is -1.07. The summed E-state index contributed by atoms with van der Waals surface area (Å²) >= 11 is 0. The fourth-order valence-corrected chi connectivity index (χ4v) is 4.06. The summed E-state index contributed by atoms with van der Waals surface area (Å²) in [7, 11) is 1.46. The van der Waals surface area contributed by atoms with Gasteiger partial charge in [0.15, 0.2) is 23.2 Å². The molecule has 2 saturated heterocycles. The van der Waals surface area contributed by atoms with Gasteiger partial charge in [0.2, 0.25) is 0 Å². The number of benzene rings is 1. The molecule has 3 heterocycles. The summed E-state index contributed by atoms with van der Waals surface area (Å²) in [5, 5.41) is 11.6. The summed E-state index contributed by atoms with van der Waals surface area (Å²) in [5.41, 5.74) is 8.48. The van der Waals surface area contributed by atoms with Crippen molar-refractivity contribution in [3.8, 4) is 11.3 Å².